The quantitative estimate of drug-likeness (QED) is 0.255. The molecule has 0 bridgehead atoms. The van der Waals surface area contributed by atoms with Crippen molar-refractivity contribution in [2.45, 2.75) is 58.8 Å². The number of Topliss-reactive ketones (excluding diaryl/α,β-unsaturated/α-hetero) is 1. The number of hydrogen-bond acceptors (Lipinski definition) is 1. The van der Waals surface area contributed by atoms with Gasteiger partial charge in [0.05, 0.1) is 6.42 Å². The molecule has 0 amide bonds. The predicted octanol–water partition coefficient (Wildman–Crippen LogP) is 3.00. The maximum absolute atomic E-state index is 11.5. The normalized spacial score (nSPS) is 9.57. The molecule has 0 spiro atoms. The van der Waals surface area contributed by atoms with E-state index in [1.54, 1.807) is 0 Å². The predicted molar refractivity (Wildman–Crippen MR) is 57.3 cm³/mol. The van der Waals surface area contributed by atoms with Crippen molar-refractivity contribution in [2.24, 2.45) is 0 Å². The van der Waals surface area contributed by atoms with Gasteiger partial charge in [-0.2, -0.15) is 4.79 Å². The minimum absolute atomic E-state index is 0.00870. The monoisotopic (exact) mass is 196 g/mol. The average Bonchev–Trinajstić information content (AvgIpc) is 2.19. The Kier molecular flexibility index (Phi) is 8.05. The molecule has 0 fully saturated rings. The second-order valence-corrected chi connectivity index (χ2v) is 3.53. The van der Waals surface area contributed by atoms with Crippen LogP contribution >= 0.6 is 0 Å². The molecule has 0 aliphatic rings. The Balaban J connectivity index is 3.87. The lowest BCUT2D eigenvalue weighted by Crippen LogP contribution is -2.14. The van der Waals surface area contributed by atoms with Gasteiger partial charge in [-0.3, -0.25) is 4.79 Å². The Hall–Kier alpha value is -0.950. The second-order valence-electron chi connectivity index (χ2n) is 3.53. The number of ketones is 1. The largest absolute Gasteiger partial charge is 0.361 e. The van der Waals surface area contributed by atoms with Gasteiger partial charge in [0.1, 0.15) is 0 Å². The molecule has 0 radical (unpaired) electrons. The summed E-state index contributed by atoms with van der Waals surface area (Å²) in [7, 11) is 0. The van der Waals surface area contributed by atoms with Gasteiger partial charge in [-0.1, -0.05) is 33.1 Å². The van der Waals surface area contributed by atoms with Crippen molar-refractivity contribution >= 4 is 11.5 Å². The van der Waals surface area contributed by atoms with Crippen molar-refractivity contribution in [3.05, 3.63) is 5.53 Å². The van der Waals surface area contributed by atoms with Crippen LogP contribution in [0, 0.1) is 0 Å². The van der Waals surface area contributed by atoms with Crippen LogP contribution in [0.25, 0.3) is 5.53 Å². The standard InChI is InChI=1S/C11H20N2O/c1-3-5-7-9-11(14)10(13-12)8-6-4-2/h3-9H2,1-2H3. The lowest BCUT2D eigenvalue weighted by Gasteiger charge is -1.95. The summed E-state index contributed by atoms with van der Waals surface area (Å²) >= 11 is 0. The number of carbonyl (C=O) groups is 1. The van der Waals surface area contributed by atoms with Crippen molar-refractivity contribution in [1.82, 2.24) is 0 Å². The van der Waals surface area contributed by atoms with Crippen molar-refractivity contribution < 1.29 is 9.58 Å². The van der Waals surface area contributed by atoms with Crippen LogP contribution in [0.15, 0.2) is 0 Å². The molecule has 0 saturated carbocycles. The van der Waals surface area contributed by atoms with Crippen molar-refractivity contribution in [2.75, 3.05) is 0 Å². The molecular formula is C11H20N2O. The fourth-order valence-corrected chi connectivity index (χ4v) is 1.27. The van der Waals surface area contributed by atoms with Crippen molar-refractivity contribution in [3.8, 4) is 0 Å². The zero-order valence-electron chi connectivity index (χ0n) is 9.25. The fraction of sp³-hybridized carbons (Fsp3) is 0.818. The number of rotatable bonds is 8. The molecular weight excluding hydrogens is 176 g/mol. The molecule has 0 N–H and O–H groups in total. The van der Waals surface area contributed by atoms with Crippen molar-refractivity contribution in [1.29, 1.82) is 0 Å². The van der Waals surface area contributed by atoms with Gasteiger partial charge in [-0.05, 0) is 12.8 Å². The zero-order valence-corrected chi connectivity index (χ0v) is 9.25. The van der Waals surface area contributed by atoms with Crippen LogP contribution in [0.4, 0.5) is 0 Å². The lowest BCUT2D eigenvalue weighted by molar-refractivity contribution is -0.117. The molecule has 0 aliphatic carbocycles. The molecule has 3 heteroatoms. The highest BCUT2D eigenvalue weighted by Crippen LogP contribution is 2.03. The molecule has 14 heavy (non-hydrogen) atoms. The summed E-state index contributed by atoms with van der Waals surface area (Å²) in [5.74, 6) is 0.00870. The van der Waals surface area contributed by atoms with Crippen LogP contribution in [0.5, 0.6) is 0 Å². The Morgan fingerprint density at radius 3 is 2.21 bits per heavy atom. The summed E-state index contributed by atoms with van der Waals surface area (Å²) < 4.78 is 0. The van der Waals surface area contributed by atoms with Gasteiger partial charge in [0, 0.05) is 6.42 Å². The van der Waals surface area contributed by atoms with E-state index in [0.29, 0.717) is 18.6 Å². The van der Waals surface area contributed by atoms with Gasteiger partial charge in [0.25, 0.3) is 0 Å². The molecule has 80 valence electrons. The maximum atomic E-state index is 11.5. The van der Waals surface area contributed by atoms with E-state index in [2.05, 4.69) is 18.6 Å². The van der Waals surface area contributed by atoms with Crippen LogP contribution in [0.1, 0.15) is 58.8 Å². The highest BCUT2D eigenvalue weighted by Gasteiger charge is 2.17. The molecule has 0 aliphatic heterocycles. The molecule has 0 aromatic heterocycles. The van der Waals surface area contributed by atoms with Gasteiger partial charge in [-0.15, -0.1) is 0 Å². The van der Waals surface area contributed by atoms with E-state index >= 15 is 0 Å². The highest BCUT2D eigenvalue weighted by atomic mass is 16.1. The topological polar surface area (TPSA) is 53.5 Å². The third-order valence-corrected chi connectivity index (χ3v) is 2.22. The number of hydrogen-bond donors (Lipinski definition) is 0. The third-order valence-electron chi connectivity index (χ3n) is 2.22. The summed E-state index contributed by atoms with van der Waals surface area (Å²) in [6.45, 7) is 4.15. The van der Waals surface area contributed by atoms with Crippen LogP contribution in [0.2, 0.25) is 0 Å². The van der Waals surface area contributed by atoms with Gasteiger partial charge in [-0.25, -0.2) is 0 Å². The van der Waals surface area contributed by atoms with Gasteiger partial charge >= 0.3 is 5.71 Å². The molecule has 0 atom stereocenters. The molecule has 0 aromatic rings. The molecule has 3 nitrogen and oxygen atoms in total. The van der Waals surface area contributed by atoms with Crippen LogP contribution < -0.4 is 0 Å². The molecule has 0 rings (SSSR count). The summed E-state index contributed by atoms with van der Waals surface area (Å²) in [5, 5.41) is 0. The van der Waals surface area contributed by atoms with Crippen LogP contribution in [0.3, 0.4) is 0 Å². The third kappa shape index (κ3) is 5.65. The number of unbranched alkanes of at least 4 members (excludes halogenated alkanes) is 3. The van der Waals surface area contributed by atoms with E-state index in [-0.39, 0.29) is 5.78 Å². The van der Waals surface area contributed by atoms with Gasteiger partial charge in [0.2, 0.25) is 5.78 Å². The minimum atomic E-state index is 0.00870. The summed E-state index contributed by atoms with van der Waals surface area (Å²) in [4.78, 5) is 14.5. The fourth-order valence-electron chi connectivity index (χ4n) is 1.27. The Bertz CT molecular complexity index is 217. The highest BCUT2D eigenvalue weighted by molar-refractivity contribution is 6.37. The number of nitrogens with zero attached hydrogens (tertiary/aromatic N) is 2. The molecule has 0 unspecified atom stereocenters. The van der Waals surface area contributed by atoms with E-state index in [1.807, 2.05) is 0 Å². The molecule has 0 heterocycles. The summed E-state index contributed by atoms with van der Waals surface area (Å²) in [5.41, 5.74) is 9.00. The first-order valence-corrected chi connectivity index (χ1v) is 5.50. The average molecular weight is 196 g/mol. The SMILES string of the molecule is CCCCCC(=O)C(CCCC)=[N+]=[N-]. The lowest BCUT2D eigenvalue weighted by atomic mass is 10.0. The van der Waals surface area contributed by atoms with Crippen molar-refractivity contribution in [3.63, 3.8) is 0 Å². The van der Waals surface area contributed by atoms with Gasteiger partial charge in [0.15, 0.2) is 0 Å². The van der Waals surface area contributed by atoms with Crippen LogP contribution in [-0.4, -0.2) is 16.3 Å². The Morgan fingerprint density at radius 1 is 1.07 bits per heavy atom. The summed E-state index contributed by atoms with van der Waals surface area (Å²) in [6, 6.07) is 0. The van der Waals surface area contributed by atoms with E-state index in [9.17, 15) is 4.79 Å². The zero-order chi connectivity index (χ0) is 10.8. The first-order chi connectivity index (χ1) is 6.76. The molecule has 0 aromatic carbocycles. The Morgan fingerprint density at radius 2 is 1.71 bits per heavy atom. The maximum Gasteiger partial charge on any atom is 0.334 e. The van der Waals surface area contributed by atoms with Crippen LogP contribution in [-0.2, 0) is 4.79 Å². The molecule has 0 saturated heterocycles. The first-order valence-electron chi connectivity index (χ1n) is 5.50. The van der Waals surface area contributed by atoms with E-state index in [1.165, 1.54) is 0 Å². The van der Waals surface area contributed by atoms with E-state index in [4.69, 9.17) is 5.53 Å². The van der Waals surface area contributed by atoms with Gasteiger partial charge < -0.3 is 5.53 Å². The first kappa shape index (κ1) is 13.1. The minimum Gasteiger partial charge on any atom is -0.361 e. The summed E-state index contributed by atoms with van der Waals surface area (Å²) in [6.07, 6.45) is 6.14. The number of carbonyl (C=O) groups excluding carboxylic acids is 1. The van der Waals surface area contributed by atoms with E-state index in [0.717, 1.165) is 32.1 Å². The second kappa shape index (κ2) is 8.64. The smallest absolute Gasteiger partial charge is 0.334 e. The Labute approximate surface area is 86.1 Å². The van der Waals surface area contributed by atoms with E-state index < -0.39 is 0 Å².